The number of hydrogen-bond acceptors (Lipinski definition) is 2. The summed E-state index contributed by atoms with van der Waals surface area (Å²) in [5.74, 6) is 0. The van der Waals surface area contributed by atoms with Crippen LogP contribution in [0.5, 0.6) is 0 Å². The first-order valence-corrected chi connectivity index (χ1v) is 5.91. The van der Waals surface area contributed by atoms with Crippen molar-refractivity contribution in [3.8, 4) is 0 Å². The SMILES string of the molecule is Cc1cc(C)c2c(C(O)CN)c(C)n(C)c2c1. The molecule has 1 aromatic heterocycles. The van der Waals surface area contributed by atoms with Gasteiger partial charge in [0.05, 0.1) is 6.10 Å². The summed E-state index contributed by atoms with van der Waals surface area (Å²) in [7, 11) is 2.03. The van der Waals surface area contributed by atoms with Crippen molar-refractivity contribution < 1.29 is 5.11 Å². The van der Waals surface area contributed by atoms with Gasteiger partial charge in [-0.15, -0.1) is 0 Å². The Morgan fingerprint density at radius 2 is 1.94 bits per heavy atom. The largest absolute Gasteiger partial charge is 0.387 e. The fraction of sp³-hybridized carbons (Fsp3) is 0.429. The van der Waals surface area contributed by atoms with Gasteiger partial charge in [-0.1, -0.05) is 6.07 Å². The van der Waals surface area contributed by atoms with E-state index >= 15 is 0 Å². The quantitative estimate of drug-likeness (QED) is 0.833. The number of aliphatic hydroxyl groups is 1. The number of rotatable bonds is 2. The molecule has 0 bridgehead atoms. The number of hydrogen-bond donors (Lipinski definition) is 2. The first-order chi connectivity index (χ1) is 7.97. The van der Waals surface area contributed by atoms with Crippen LogP contribution in [-0.4, -0.2) is 16.2 Å². The normalized spacial score (nSPS) is 13.3. The van der Waals surface area contributed by atoms with E-state index < -0.39 is 6.10 Å². The lowest BCUT2D eigenvalue weighted by molar-refractivity contribution is 0.187. The van der Waals surface area contributed by atoms with Gasteiger partial charge in [0.25, 0.3) is 0 Å². The molecule has 92 valence electrons. The first kappa shape index (κ1) is 12.1. The Kier molecular flexibility index (Phi) is 2.98. The molecule has 1 atom stereocenters. The smallest absolute Gasteiger partial charge is 0.0935 e. The molecular weight excluding hydrogens is 212 g/mol. The van der Waals surface area contributed by atoms with Gasteiger partial charge in [-0.3, -0.25) is 0 Å². The fourth-order valence-corrected chi connectivity index (χ4v) is 2.63. The second kappa shape index (κ2) is 4.17. The molecule has 0 saturated heterocycles. The summed E-state index contributed by atoms with van der Waals surface area (Å²) < 4.78 is 2.13. The number of aliphatic hydroxyl groups excluding tert-OH is 1. The van der Waals surface area contributed by atoms with Gasteiger partial charge in [0.15, 0.2) is 0 Å². The summed E-state index contributed by atoms with van der Waals surface area (Å²) in [4.78, 5) is 0. The number of aromatic nitrogens is 1. The highest BCUT2D eigenvalue weighted by atomic mass is 16.3. The van der Waals surface area contributed by atoms with Crippen molar-refractivity contribution in [2.24, 2.45) is 12.8 Å². The molecule has 0 radical (unpaired) electrons. The Hall–Kier alpha value is -1.32. The summed E-state index contributed by atoms with van der Waals surface area (Å²) in [6.07, 6.45) is -0.583. The third kappa shape index (κ3) is 1.75. The van der Waals surface area contributed by atoms with Gasteiger partial charge in [-0.2, -0.15) is 0 Å². The third-order valence-electron chi connectivity index (χ3n) is 3.54. The highest BCUT2D eigenvalue weighted by Crippen LogP contribution is 2.32. The first-order valence-electron chi connectivity index (χ1n) is 5.91. The van der Waals surface area contributed by atoms with Crippen molar-refractivity contribution >= 4 is 10.9 Å². The Labute approximate surface area is 102 Å². The van der Waals surface area contributed by atoms with E-state index in [9.17, 15) is 5.11 Å². The van der Waals surface area contributed by atoms with Gasteiger partial charge in [-0.25, -0.2) is 0 Å². The van der Waals surface area contributed by atoms with Gasteiger partial charge < -0.3 is 15.4 Å². The molecule has 3 N–H and O–H groups in total. The predicted octanol–water partition coefficient (Wildman–Crippen LogP) is 2.10. The number of nitrogens with two attached hydrogens (primary N) is 1. The third-order valence-corrected chi connectivity index (χ3v) is 3.54. The molecule has 0 aliphatic carbocycles. The molecule has 0 spiro atoms. The lowest BCUT2D eigenvalue weighted by Crippen LogP contribution is -2.12. The minimum Gasteiger partial charge on any atom is -0.387 e. The molecule has 0 saturated carbocycles. The second-order valence-electron chi connectivity index (χ2n) is 4.79. The van der Waals surface area contributed by atoms with E-state index in [-0.39, 0.29) is 6.54 Å². The summed E-state index contributed by atoms with van der Waals surface area (Å²) in [6.45, 7) is 6.46. The zero-order chi connectivity index (χ0) is 12.7. The van der Waals surface area contributed by atoms with Crippen LogP contribution in [-0.2, 0) is 7.05 Å². The van der Waals surface area contributed by atoms with Crippen LogP contribution in [0.4, 0.5) is 0 Å². The summed E-state index contributed by atoms with van der Waals surface area (Å²) in [6, 6.07) is 4.30. The van der Waals surface area contributed by atoms with Crippen LogP contribution in [0.3, 0.4) is 0 Å². The highest BCUT2D eigenvalue weighted by molar-refractivity contribution is 5.89. The molecule has 3 nitrogen and oxygen atoms in total. The van der Waals surface area contributed by atoms with Crippen molar-refractivity contribution in [3.05, 3.63) is 34.5 Å². The average Bonchev–Trinajstić information content (AvgIpc) is 2.53. The van der Waals surface area contributed by atoms with Crippen LogP contribution in [0.25, 0.3) is 10.9 Å². The monoisotopic (exact) mass is 232 g/mol. The van der Waals surface area contributed by atoms with Gasteiger partial charge in [0.2, 0.25) is 0 Å². The summed E-state index contributed by atoms with van der Waals surface area (Å²) >= 11 is 0. The molecule has 0 fully saturated rings. The maximum atomic E-state index is 10.1. The molecule has 0 amide bonds. The maximum Gasteiger partial charge on any atom is 0.0935 e. The fourth-order valence-electron chi connectivity index (χ4n) is 2.63. The van der Waals surface area contributed by atoms with Crippen LogP contribution in [0.15, 0.2) is 12.1 Å². The molecule has 2 aromatic rings. The van der Waals surface area contributed by atoms with Gasteiger partial charge in [0.1, 0.15) is 0 Å². The molecule has 2 rings (SSSR count). The standard InChI is InChI=1S/C14H20N2O/c1-8-5-9(2)13-11(6-8)16(4)10(3)14(13)12(17)7-15/h5-6,12,17H,7,15H2,1-4H3. The highest BCUT2D eigenvalue weighted by Gasteiger charge is 2.19. The van der Waals surface area contributed by atoms with E-state index in [0.717, 1.165) is 16.6 Å². The Morgan fingerprint density at radius 1 is 1.29 bits per heavy atom. The Balaban J connectivity index is 2.89. The van der Waals surface area contributed by atoms with E-state index in [1.54, 1.807) is 0 Å². The van der Waals surface area contributed by atoms with Crippen molar-refractivity contribution in [1.29, 1.82) is 0 Å². The van der Waals surface area contributed by atoms with Gasteiger partial charge in [0, 0.05) is 35.8 Å². The minimum atomic E-state index is -0.583. The van der Waals surface area contributed by atoms with Crippen LogP contribution >= 0.6 is 0 Å². The maximum absolute atomic E-state index is 10.1. The molecular formula is C14H20N2O. The molecule has 1 heterocycles. The molecule has 0 aliphatic heterocycles. The van der Waals surface area contributed by atoms with Gasteiger partial charge in [-0.05, 0) is 38.0 Å². The lowest BCUT2D eigenvalue weighted by atomic mass is 10.00. The average molecular weight is 232 g/mol. The second-order valence-corrected chi connectivity index (χ2v) is 4.79. The zero-order valence-corrected chi connectivity index (χ0v) is 10.9. The van der Waals surface area contributed by atoms with E-state index in [1.807, 2.05) is 14.0 Å². The predicted molar refractivity (Wildman–Crippen MR) is 71.1 cm³/mol. The molecule has 17 heavy (non-hydrogen) atoms. The molecule has 3 heteroatoms. The van der Waals surface area contributed by atoms with E-state index in [1.165, 1.54) is 16.6 Å². The van der Waals surface area contributed by atoms with Crippen molar-refractivity contribution in [1.82, 2.24) is 4.57 Å². The van der Waals surface area contributed by atoms with Crippen molar-refractivity contribution in [2.75, 3.05) is 6.54 Å². The lowest BCUT2D eigenvalue weighted by Gasteiger charge is -2.10. The summed E-state index contributed by atoms with van der Waals surface area (Å²) in [5, 5.41) is 11.2. The Bertz CT molecular complexity index is 569. The van der Waals surface area contributed by atoms with Crippen molar-refractivity contribution in [3.63, 3.8) is 0 Å². The Morgan fingerprint density at radius 3 is 2.53 bits per heavy atom. The number of aryl methyl sites for hydroxylation is 3. The van der Waals surface area contributed by atoms with E-state index in [4.69, 9.17) is 5.73 Å². The van der Waals surface area contributed by atoms with Crippen LogP contribution in [0, 0.1) is 20.8 Å². The number of fused-ring (bicyclic) bond motifs is 1. The topological polar surface area (TPSA) is 51.2 Å². The molecule has 1 unspecified atom stereocenters. The minimum absolute atomic E-state index is 0.257. The van der Waals surface area contributed by atoms with Gasteiger partial charge >= 0.3 is 0 Å². The summed E-state index contributed by atoms with van der Waals surface area (Å²) in [5.41, 5.74) is 11.3. The molecule has 0 aliphatic rings. The van der Waals surface area contributed by atoms with Crippen LogP contribution in [0.1, 0.15) is 28.5 Å². The van der Waals surface area contributed by atoms with Crippen LogP contribution < -0.4 is 5.73 Å². The van der Waals surface area contributed by atoms with Crippen LogP contribution in [0.2, 0.25) is 0 Å². The molecule has 1 aromatic carbocycles. The van der Waals surface area contributed by atoms with Crippen molar-refractivity contribution in [2.45, 2.75) is 26.9 Å². The van der Waals surface area contributed by atoms with E-state index in [0.29, 0.717) is 0 Å². The van der Waals surface area contributed by atoms with E-state index in [2.05, 4.69) is 30.5 Å². The number of benzene rings is 1. The number of nitrogens with zero attached hydrogens (tertiary/aromatic N) is 1. The zero-order valence-electron chi connectivity index (χ0n) is 10.9.